The standard InChI is InChI=1S/C18H29N5O2/c1-14-15(2)19-13-20-18(14)22-6-4-21(5-7-22)11-16-10-17(24)23(12-16)8-9-25-3/h13,16H,4-12H2,1-3H3/t16-/m0/s1. The van der Waals surface area contributed by atoms with Gasteiger partial charge in [0.15, 0.2) is 0 Å². The van der Waals surface area contributed by atoms with Crippen LogP contribution in [0.3, 0.4) is 0 Å². The minimum atomic E-state index is 0.271. The van der Waals surface area contributed by atoms with Crippen LogP contribution in [0.5, 0.6) is 0 Å². The summed E-state index contributed by atoms with van der Waals surface area (Å²) >= 11 is 0. The molecule has 3 heterocycles. The molecule has 0 spiro atoms. The zero-order chi connectivity index (χ0) is 17.8. The maximum Gasteiger partial charge on any atom is 0.223 e. The fraction of sp³-hybridized carbons (Fsp3) is 0.722. The number of methoxy groups -OCH3 is 1. The van der Waals surface area contributed by atoms with Crippen LogP contribution < -0.4 is 4.90 Å². The second-order valence-corrected chi connectivity index (χ2v) is 7.10. The van der Waals surface area contributed by atoms with Gasteiger partial charge < -0.3 is 14.5 Å². The van der Waals surface area contributed by atoms with Gasteiger partial charge in [0.1, 0.15) is 12.1 Å². The molecule has 3 rings (SSSR count). The molecule has 1 atom stereocenters. The van der Waals surface area contributed by atoms with Gasteiger partial charge in [-0.15, -0.1) is 0 Å². The van der Waals surface area contributed by atoms with Crippen molar-refractivity contribution in [3.05, 3.63) is 17.6 Å². The SMILES string of the molecule is COCCN1C[C@H](CN2CCN(c3ncnc(C)c3C)CC2)CC1=O. The van der Waals surface area contributed by atoms with Crippen LogP contribution in [0.4, 0.5) is 5.82 Å². The highest BCUT2D eigenvalue weighted by Crippen LogP contribution is 2.22. The lowest BCUT2D eigenvalue weighted by atomic mass is 10.1. The summed E-state index contributed by atoms with van der Waals surface area (Å²) in [6, 6.07) is 0. The molecule has 0 aliphatic carbocycles. The van der Waals surface area contributed by atoms with E-state index in [0.717, 1.165) is 50.8 Å². The number of carbonyl (C=O) groups excluding carboxylic acids is 1. The number of nitrogens with zero attached hydrogens (tertiary/aromatic N) is 5. The predicted octanol–water partition coefficient (Wildman–Crippen LogP) is 0.710. The molecule has 0 N–H and O–H groups in total. The molecule has 1 aromatic heterocycles. The van der Waals surface area contributed by atoms with Crippen LogP contribution in [0.2, 0.25) is 0 Å². The largest absolute Gasteiger partial charge is 0.383 e. The van der Waals surface area contributed by atoms with E-state index >= 15 is 0 Å². The van der Waals surface area contributed by atoms with Gasteiger partial charge in [0.2, 0.25) is 5.91 Å². The second-order valence-electron chi connectivity index (χ2n) is 7.10. The summed E-state index contributed by atoms with van der Waals surface area (Å²) in [4.78, 5) is 27.6. The van der Waals surface area contributed by atoms with Crippen molar-refractivity contribution >= 4 is 11.7 Å². The summed E-state index contributed by atoms with van der Waals surface area (Å²) < 4.78 is 5.09. The normalized spacial score (nSPS) is 22.0. The Morgan fingerprint density at radius 2 is 1.96 bits per heavy atom. The van der Waals surface area contributed by atoms with Gasteiger partial charge in [-0.1, -0.05) is 0 Å². The van der Waals surface area contributed by atoms with Crippen molar-refractivity contribution in [1.29, 1.82) is 0 Å². The number of aromatic nitrogens is 2. The number of hydrogen-bond acceptors (Lipinski definition) is 6. The van der Waals surface area contributed by atoms with Crippen LogP contribution >= 0.6 is 0 Å². The Balaban J connectivity index is 1.48. The molecular weight excluding hydrogens is 318 g/mol. The lowest BCUT2D eigenvalue weighted by molar-refractivity contribution is -0.128. The monoisotopic (exact) mass is 347 g/mol. The van der Waals surface area contributed by atoms with Crippen LogP contribution in [-0.2, 0) is 9.53 Å². The second kappa shape index (κ2) is 8.10. The molecule has 1 amide bonds. The molecule has 7 nitrogen and oxygen atoms in total. The number of aryl methyl sites for hydroxylation is 1. The highest BCUT2D eigenvalue weighted by molar-refractivity contribution is 5.78. The van der Waals surface area contributed by atoms with Crippen molar-refractivity contribution in [2.75, 3.05) is 64.4 Å². The fourth-order valence-corrected chi connectivity index (χ4v) is 3.75. The van der Waals surface area contributed by atoms with Gasteiger partial charge in [-0.05, 0) is 19.8 Å². The van der Waals surface area contributed by atoms with E-state index < -0.39 is 0 Å². The lowest BCUT2D eigenvalue weighted by Crippen LogP contribution is -2.48. The molecule has 2 fully saturated rings. The van der Waals surface area contributed by atoms with Gasteiger partial charge in [-0.3, -0.25) is 9.69 Å². The van der Waals surface area contributed by atoms with Gasteiger partial charge in [-0.2, -0.15) is 0 Å². The maximum atomic E-state index is 12.1. The molecule has 0 saturated carbocycles. The number of rotatable bonds is 6. The first-order chi connectivity index (χ1) is 12.1. The Morgan fingerprint density at radius 1 is 1.20 bits per heavy atom. The summed E-state index contributed by atoms with van der Waals surface area (Å²) in [6.45, 7) is 11.3. The number of likely N-dealkylation sites (tertiary alicyclic amines) is 1. The quantitative estimate of drug-likeness (QED) is 0.755. The lowest BCUT2D eigenvalue weighted by Gasteiger charge is -2.37. The maximum absolute atomic E-state index is 12.1. The third kappa shape index (κ3) is 4.27. The van der Waals surface area contributed by atoms with Gasteiger partial charge in [-0.25, -0.2) is 9.97 Å². The topological polar surface area (TPSA) is 61.8 Å². The summed E-state index contributed by atoms with van der Waals surface area (Å²) in [5.41, 5.74) is 2.22. The fourth-order valence-electron chi connectivity index (χ4n) is 3.75. The number of anilines is 1. The predicted molar refractivity (Wildman–Crippen MR) is 96.7 cm³/mol. The highest BCUT2D eigenvalue weighted by atomic mass is 16.5. The first kappa shape index (κ1) is 18.1. The van der Waals surface area contributed by atoms with Crippen LogP contribution in [0.1, 0.15) is 17.7 Å². The smallest absolute Gasteiger partial charge is 0.223 e. The molecule has 1 aromatic rings. The summed E-state index contributed by atoms with van der Waals surface area (Å²) in [6.07, 6.45) is 2.33. The van der Waals surface area contributed by atoms with E-state index in [1.54, 1.807) is 13.4 Å². The van der Waals surface area contributed by atoms with Crippen molar-refractivity contribution in [3.63, 3.8) is 0 Å². The van der Waals surface area contributed by atoms with Crippen LogP contribution in [0.15, 0.2) is 6.33 Å². The van der Waals surface area contributed by atoms with Crippen molar-refractivity contribution in [1.82, 2.24) is 19.8 Å². The third-order valence-electron chi connectivity index (χ3n) is 5.36. The zero-order valence-corrected chi connectivity index (χ0v) is 15.6. The molecule has 0 aromatic carbocycles. The Morgan fingerprint density at radius 3 is 2.68 bits per heavy atom. The molecule has 2 saturated heterocycles. The van der Waals surface area contributed by atoms with E-state index in [2.05, 4.69) is 26.7 Å². The molecule has 0 radical (unpaired) electrons. The molecular formula is C18H29N5O2. The molecule has 2 aliphatic heterocycles. The number of piperazine rings is 1. The van der Waals surface area contributed by atoms with Crippen LogP contribution in [-0.4, -0.2) is 85.2 Å². The van der Waals surface area contributed by atoms with E-state index in [9.17, 15) is 4.79 Å². The van der Waals surface area contributed by atoms with Crippen molar-refractivity contribution in [3.8, 4) is 0 Å². The molecule has 0 unspecified atom stereocenters. The first-order valence-corrected chi connectivity index (χ1v) is 9.10. The Bertz CT molecular complexity index is 601. The average Bonchev–Trinajstić information content (AvgIpc) is 2.95. The van der Waals surface area contributed by atoms with Crippen molar-refractivity contribution < 1.29 is 9.53 Å². The van der Waals surface area contributed by atoms with E-state index in [-0.39, 0.29) is 5.91 Å². The van der Waals surface area contributed by atoms with E-state index in [4.69, 9.17) is 4.74 Å². The van der Waals surface area contributed by atoms with Crippen LogP contribution in [0.25, 0.3) is 0 Å². The number of amides is 1. The van der Waals surface area contributed by atoms with Gasteiger partial charge in [0, 0.05) is 70.6 Å². The number of carbonyl (C=O) groups is 1. The zero-order valence-electron chi connectivity index (χ0n) is 15.6. The Kier molecular flexibility index (Phi) is 5.86. The number of hydrogen-bond donors (Lipinski definition) is 0. The highest BCUT2D eigenvalue weighted by Gasteiger charge is 2.31. The van der Waals surface area contributed by atoms with Gasteiger partial charge in [0.25, 0.3) is 0 Å². The number of ether oxygens (including phenoxy) is 1. The Labute approximate surface area is 150 Å². The van der Waals surface area contributed by atoms with Crippen molar-refractivity contribution in [2.24, 2.45) is 5.92 Å². The minimum absolute atomic E-state index is 0.271. The molecule has 7 heteroatoms. The first-order valence-electron chi connectivity index (χ1n) is 9.10. The van der Waals surface area contributed by atoms with E-state index in [1.807, 2.05) is 11.8 Å². The van der Waals surface area contributed by atoms with Gasteiger partial charge in [0.05, 0.1) is 6.61 Å². The van der Waals surface area contributed by atoms with Gasteiger partial charge >= 0.3 is 0 Å². The average molecular weight is 347 g/mol. The molecule has 2 aliphatic rings. The third-order valence-corrected chi connectivity index (χ3v) is 5.36. The summed E-state index contributed by atoms with van der Waals surface area (Å²) in [5.74, 6) is 1.78. The summed E-state index contributed by atoms with van der Waals surface area (Å²) in [5, 5.41) is 0. The van der Waals surface area contributed by atoms with Crippen LogP contribution in [0, 0.1) is 19.8 Å². The minimum Gasteiger partial charge on any atom is -0.383 e. The van der Waals surface area contributed by atoms with Crippen molar-refractivity contribution in [2.45, 2.75) is 20.3 Å². The summed E-state index contributed by atoms with van der Waals surface area (Å²) in [7, 11) is 1.68. The molecule has 138 valence electrons. The van der Waals surface area contributed by atoms with E-state index in [0.29, 0.717) is 25.5 Å². The molecule has 25 heavy (non-hydrogen) atoms. The molecule has 0 bridgehead atoms. The van der Waals surface area contributed by atoms with E-state index in [1.165, 1.54) is 5.56 Å². The Hall–Kier alpha value is -1.73.